The van der Waals surface area contributed by atoms with Crippen LogP contribution in [0.3, 0.4) is 0 Å². The van der Waals surface area contributed by atoms with Crippen LogP contribution >= 0.6 is 11.3 Å². The van der Waals surface area contributed by atoms with Crippen molar-refractivity contribution >= 4 is 21.4 Å². The van der Waals surface area contributed by atoms with Gasteiger partial charge < -0.3 is 5.11 Å². The van der Waals surface area contributed by atoms with Crippen LogP contribution in [0.1, 0.15) is 23.1 Å². The second kappa shape index (κ2) is 4.10. The highest BCUT2D eigenvalue weighted by Gasteiger charge is 2.37. The highest BCUT2D eigenvalue weighted by atomic mass is 32.2. The molecule has 2 N–H and O–H groups in total. The number of hydrogen-bond donors (Lipinski definition) is 2. The van der Waals surface area contributed by atoms with Crippen molar-refractivity contribution in [2.45, 2.75) is 37.8 Å². The Kier molecular flexibility index (Phi) is 3.09. The topological polar surface area (TPSA) is 66.4 Å². The fourth-order valence-electron chi connectivity index (χ4n) is 1.62. The van der Waals surface area contributed by atoms with Crippen molar-refractivity contribution < 1.29 is 13.5 Å². The van der Waals surface area contributed by atoms with Gasteiger partial charge in [0.1, 0.15) is 0 Å². The molecule has 2 rings (SSSR count). The van der Waals surface area contributed by atoms with Gasteiger partial charge in [0.2, 0.25) is 10.0 Å². The maximum Gasteiger partial charge on any atom is 0.241 e. The molecule has 1 aromatic rings. The van der Waals surface area contributed by atoms with E-state index in [9.17, 15) is 8.42 Å². The van der Waals surface area contributed by atoms with Gasteiger partial charge in [-0.3, -0.25) is 0 Å². The SMILES string of the molecule is Cc1sc(CO)cc1S(=O)(=O)NC1CC1C. The quantitative estimate of drug-likeness (QED) is 0.857. The standard InChI is InChI=1S/C10H15NO3S2/c1-6-3-9(6)11-16(13,14)10-4-8(5-12)15-7(10)2/h4,6,9,11-12H,3,5H2,1-2H3. The van der Waals surface area contributed by atoms with Crippen molar-refractivity contribution in [1.29, 1.82) is 0 Å². The highest BCUT2D eigenvalue weighted by Crippen LogP contribution is 2.32. The Balaban J connectivity index is 2.24. The average Bonchev–Trinajstić information content (AvgIpc) is 2.74. The summed E-state index contributed by atoms with van der Waals surface area (Å²) in [6.45, 7) is 3.67. The number of aryl methyl sites for hydroxylation is 1. The van der Waals surface area contributed by atoms with E-state index in [1.807, 2.05) is 6.92 Å². The first-order valence-corrected chi connectivity index (χ1v) is 7.46. The zero-order chi connectivity index (χ0) is 11.9. The molecule has 0 spiro atoms. The third kappa shape index (κ3) is 2.29. The van der Waals surface area contributed by atoms with Gasteiger partial charge in [0.25, 0.3) is 0 Å². The summed E-state index contributed by atoms with van der Waals surface area (Å²) in [5, 5.41) is 8.97. The molecule has 0 saturated heterocycles. The van der Waals surface area contributed by atoms with E-state index < -0.39 is 10.0 Å². The molecule has 1 aromatic heterocycles. The lowest BCUT2D eigenvalue weighted by Crippen LogP contribution is -2.26. The summed E-state index contributed by atoms with van der Waals surface area (Å²) < 4.78 is 26.7. The van der Waals surface area contributed by atoms with E-state index in [2.05, 4.69) is 4.72 Å². The van der Waals surface area contributed by atoms with Crippen LogP contribution in [0.2, 0.25) is 0 Å². The summed E-state index contributed by atoms with van der Waals surface area (Å²) in [4.78, 5) is 1.72. The fourth-order valence-corrected chi connectivity index (χ4v) is 4.47. The van der Waals surface area contributed by atoms with Gasteiger partial charge >= 0.3 is 0 Å². The molecule has 0 aliphatic heterocycles. The first-order valence-electron chi connectivity index (χ1n) is 5.16. The zero-order valence-electron chi connectivity index (χ0n) is 9.23. The molecule has 4 nitrogen and oxygen atoms in total. The van der Waals surface area contributed by atoms with E-state index in [0.717, 1.165) is 11.3 Å². The van der Waals surface area contributed by atoms with Crippen LogP contribution in [0.4, 0.5) is 0 Å². The number of sulfonamides is 1. The van der Waals surface area contributed by atoms with Crippen LogP contribution in [-0.2, 0) is 16.6 Å². The molecule has 1 aliphatic carbocycles. The second-order valence-electron chi connectivity index (χ2n) is 4.23. The Morgan fingerprint density at radius 2 is 2.25 bits per heavy atom. The van der Waals surface area contributed by atoms with Gasteiger partial charge in [-0.1, -0.05) is 6.92 Å². The lowest BCUT2D eigenvalue weighted by atomic mass is 10.4. The molecule has 1 fully saturated rings. The minimum atomic E-state index is -3.40. The fraction of sp³-hybridized carbons (Fsp3) is 0.600. The smallest absolute Gasteiger partial charge is 0.241 e. The Morgan fingerprint density at radius 1 is 1.62 bits per heavy atom. The number of hydrogen-bond acceptors (Lipinski definition) is 4. The van der Waals surface area contributed by atoms with E-state index in [4.69, 9.17) is 5.11 Å². The van der Waals surface area contributed by atoms with E-state index >= 15 is 0 Å². The molecule has 90 valence electrons. The first kappa shape index (κ1) is 12.0. The van der Waals surface area contributed by atoms with Crippen molar-refractivity contribution in [3.05, 3.63) is 15.8 Å². The molecule has 0 aromatic carbocycles. The number of aliphatic hydroxyl groups excluding tert-OH is 1. The molecule has 1 saturated carbocycles. The third-order valence-electron chi connectivity index (χ3n) is 2.78. The van der Waals surface area contributed by atoms with Gasteiger partial charge in [0.05, 0.1) is 11.5 Å². The molecule has 2 unspecified atom stereocenters. The molecule has 1 heterocycles. The third-order valence-corrected chi connectivity index (χ3v) is 5.57. The van der Waals surface area contributed by atoms with Crippen molar-refractivity contribution in [1.82, 2.24) is 4.72 Å². The maximum atomic E-state index is 12.0. The van der Waals surface area contributed by atoms with Crippen LogP contribution in [0, 0.1) is 12.8 Å². The summed E-state index contributed by atoms with van der Waals surface area (Å²) in [5.74, 6) is 0.436. The normalized spacial score (nSPS) is 24.7. The second-order valence-corrected chi connectivity index (χ2v) is 7.26. The molecule has 6 heteroatoms. The molecule has 1 aliphatic rings. The van der Waals surface area contributed by atoms with Crippen LogP contribution < -0.4 is 4.72 Å². The van der Waals surface area contributed by atoms with E-state index in [1.54, 1.807) is 13.0 Å². The van der Waals surface area contributed by atoms with Gasteiger partial charge in [-0.05, 0) is 25.3 Å². The summed E-state index contributed by atoms with van der Waals surface area (Å²) in [7, 11) is -3.40. The van der Waals surface area contributed by atoms with Gasteiger partial charge in [0.15, 0.2) is 0 Å². The number of rotatable bonds is 4. The molecule has 0 radical (unpaired) electrons. The van der Waals surface area contributed by atoms with Gasteiger partial charge in [-0.2, -0.15) is 0 Å². The maximum absolute atomic E-state index is 12.0. The van der Waals surface area contributed by atoms with Crippen LogP contribution in [-0.4, -0.2) is 19.6 Å². The van der Waals surface area contributed by atoms with Crippen LogP contribution in [0.25, 0.3) is 0 Å². The summed E-state index contributed by atoms with van der Waals surface area (Å²) >= 11 is 1.32. The lowest BCUT2D eigenvalue weighted by molar-refractivity contribution is 0.285. The summed E-state index contributed by atoms with van der Waals surface area (Å²) in [5.41, 5.74) is 0. The van der Waals surface area contributed by atoms with Crippen LogP contribution in [0.5, 0.6) is 0 Å². The first-order chi connectivity index (χ1) is 7.44. The number of thiophene rings is 1. The van der Waals surface area contributed by atoms with Crippen LogP contribution in [0.15, 0.2) is 11.0 Å². The zero-order valence-corrected chi connectivity index (χ0v) is 10.9. The Hall–Kier alpha value is -0.430. The Labute approximate surface area is 99.4 Å². The van der Waals surface area contributed by atoms with Crippen molar-refractivity contribution in [2.24, 2.45) is 5.92 Å². The predicted molar refractivity (Wildman–Crippen MR) is 62.9 cm³/mol. The molecular weight excluding hydrogens is 246 g/mol. The Morgan fingerprint density at radius 3 is 2.69 bits per heavy atom. The minimum Gasteiger partial charge on any atom is -0.391 e. The van der Waals surface area contributed by atoms with Crippen molar-refractivity contribution in [3.8, 4) is 0 Å². The molecule has 2 atom stereocenters. The highest BCUT2D eigenvalue weighted by molar-refractivity contribution is 7.89. The molecule has 0 amide bonds. The largest absolute Gasteiger partial charge is 0.391 e. The average molecular weight is 261 g/mol. The monoisotopic (exact) mass is 261 g/mol. The van der Waals surface area contributed by atoms with Gasteiger partial charge in [-0.25, -0.2) is 13.1 Å². The minimum absolute atomic E-state index is 0.0851. The number of aliphatic hydroxyl groups is 1. The molecular formula is C10H15NO3S2. The lowest BCUT2D eigenvalue weighted by Gasteiger charge is -2.04. The summed E-state index contributed by atoms with van der Waals surface area (Å²) in [6.07, 6.45) is 0.912. The van der Waals surface area contributed by atoms with E-state index in [0.29, 0.717) is 15.7 Å². The predicted octanol–water partition coefficient (Wildman–Crippen LogP) is 1.24. The van der Waals surface area contributed by atoms with E-state index in [1.165, 1.54) is 11.3 Å². The summed E-state index contributed by atoms with van der Waals surface area (Å²) in [6, 6.07) is 1.64. The Bertz CT molecular complexity index is 492. The van der Waals surface area contributed by atoms with Gasteiger partial charge in [-0.15, -0.1) is 11.3 Å². The molecule has 0 bridgehead atoms. The molecule has 16 heavy (non-hydrogen) atoms. The number of nitrogens with one attached hydrogen (secondary N) is 1. The van der Waals surface area contributed by atoms with Gasteiger partial charge in [0, 0.05) is 15.8 Å². The van der Waals surface area contributed by atoms with E-state index in [-0.39, 0.29) is 12.6 Å². The van der Waals surface area contributed by atoms with Crippen molar-refractivity contribution in [2.75, 3.05) is 0 Å². The van der Waals surface area contributed by atoms with Crippen molar-refractivity contribution in [3.63, 3.8) is 0 Å².